The summed E-state index contributed by atoms with van der Waals surface area (Å²) >= 11 is 0. The number of morpholine rings is 1. The van der Waals surface area contributed by atoms with Gasteiger partial charge in [-0.15, -0.1) is 0 Å². The molecule has 0 aromatic rings. The Morgan fingerprint density at radius 1 is 1.57 bits per heavy atom. The Kier molecular flexibility index (Phi) is 4.55. The first-order valence-corrected chi connectivity index (χ1v) is 4.76. The zero-order chi connectivity index (χ0) is 10.4. The molecule has 0 bridgehead atoms. The minimum absolute atomic E-state index is 0.0513. The van der Waals surface area contributed by atoms with Gasteiger partial charge in [-0.1, -0.05) is 6.08 Å². The van der Waals surface area contributed by atoms with Crippen LogP contribution in [0.15, 0.2) is 11.6 Å². The van der Waals surface area contributed by atoms with Crippen LogP contribution in [-0.4, -0.2) is 49.2 Å². The van der Waals surface area contributed by atoms with Gasteiger partial charge in [0.1, 0.15) is 0 Å². The third kappa shape index (κ3) is 4.34. The van der Waals surface area contributed by atoms with Crippen LogP contribution in [0.3, 0.4) is 0 Å². The summed E-state index contributed by atoms with van der Waals surface area (Å²) in [5, 5.41) is 10.2. The van der Waals surface area contributed by atoms with Crippen LogP contribution in [0.2, 0.25) is 0 Å². The van der Waals surface area contributed by atoms with E-state index in [9.17, 15) is 10.1 Å². The molecule has 1 fully saturated rings. The highest BCUT2D eigenvalue weighted by Crippen LogP contribution is 1.99. The van der Waals surface area contributed by atoms with Gasteiger partial charge in [0.2, 0.25) is 6.54 Å². The highest BCUT2D eigenvalue weighted by atomic mass is 16.6. The van der Waals surface area contributed by atoms with Crippen molar-refractivity contribution in [1.82, 2.24) is 4.90 Å². The number of nitrogens with zero attached hydrogens (tertiary/aromatic N) is 2. The molecule has 5 heteroatoms. The van der Waals surface area contributed by atoms with Crippen molar-refractivity contribution in [3.63, 3.8) is 0 Å². The van der Waals surface area contributed by atoms with E-state index in [1.165, 1.54) is 0 Å². The number of nitro groups is 1. The van der Waals surface area contributed by atoms with E-state index in [1.54, 1.807) is 6.92 Å². The van der Waals surface area contributed by atoms with Gasteiger partial charge in [-0.3, -0.25) is 15.0 Å². The summed E-state index contributed by atoms with van der Waals surface area (Å²) in [4.78, 5) is 12.1. The predicted octanol–water partition coefficient (Wildman–Crippen LogP) is 0.542. The lowest BCUT2D eigenvalue weighted by Gasteiger charge is -2.25. The van der Waals surface area contributed by atoms with Gasteiger partial charge >= 0.3 is 0 Å². The van der Waals surface area contributed by atoms with Crippen LogP contribution < -0.4 is 0 Å². The summed E-state index contributed by atoms with van der Waals surface area (Å²) in [5.41, 5.74) is 0.821. The van der Waals surface area contributed by atoms with E-state index in [-0.39, 0.29) is 11.5 Å². The zero-order valence-corrected chi connectivity index (χ0v) is 8.44. The first kappa shape index (κ1) is 11.1. The fraction of sp³-hybridized carbons (Fsp3) is 0.778. The molecule has 0 aromatic carbocycles. The molecule has 1 rings (SSSR count). The molecule has 80 valence electrons. The molecular formula is C9H16N2O3. The molecule has 1 aliphatic rings. The molecule has 5 nitrogen and oxygen atoms in total. The average Bonchev–Trinajstić information content (AvgIpc) is 2.15. The van der Waals surface area contributed by atoms with Crippen molar-refractivity contribution in [2.24, 2.45) is 0 Å². The van der Waals surface area contributed by atoms with Crippen LogP contribution >= 0.6 is 0 Å². The van der Waals surface area contributed by atoms with Gasteiger partial charge in [-0.2, -0.15) is 0 Å². The topological polar surface area (TPSA) is 55.6 Å². The Labute approximate surface area is 83.5 Å². The van der Waals surface area contributed by atoms with E-state index >= 15 is 0 Å². The van der Waals surface area contributed by atoms with Gasteiger partial charge in [0.25, 0.3) is 0 Å². The first-order valence-electron chi connectivity index (χ1n) is 4.76. The van der Waals surface area contributed by atoms with Gasteiger partial charge in [0, 0.05) is 24.6 Å². The van der Waals surface area contributed by atoms with Gasteiger partial charge < -0.3 is 4.74 Å². The quantitative estimate of drug-likeness (QED) is 0.377. The molecule has 14 heavy (non-hydrogen) atoms. The van der Waals surface area contributed by atoms with E-state index < -0.39 is 0 Å². The summed E-state index contributed by atoms with van der Waals surface area (Å²) in [5.74, 6) is 0. The van der Waals surface area contributed by atoms with Crippen LogP contribution in [0.4, 0.5) is 0 Å². The normalized spacial score (nSPS) is 19.6. The summed E-state index contributed by atoms with van der Waals surface area (Å²) < 4.78 is 5.20. The van der Waals surface area contributed by atoms with Gasteiger partial charge in [-0.25, -0.2) is 0 Å². The maximum absolute atomic E-state index is 10.2. The van der Waals surface area contributed by atoms with Crippen molar-refractivity contribution in [1.29, 1.82) is 0 Å². The molecular weight excluding hydrogens is 184 g/mol. The van der Waals surface area contributed by atoms with Crippen molar-refractivity contribution in [3.8, 4) is 0 Å². The lowest BCUT2D eigenvalue weighted by atomic mass is 10.2. The maximum atomic E-state index is 10.2. The second-order valence-corrected chi connectivity index (χ2v) is 3.45. The fourth-order valence-electron chi connectivity index (χ4n) is 1.34. The van der Waals surface area contributed by atoms with E-state index in [0.29, 0.717) is 0 Å². The Morgan fingerprint density at radius 3 is 2.79 bits per heavy atom. The monoisotopic (exact) mass is 200 g/mol. The van der Waals surface area contributed by atoms with E-state index in [0.717, 1.165) is 38.4 Å². The van der Waals surface area contributed by atoms with E-state index in [1.807, 2.05) is 6.08 Å². The molecule has 1 aliphatic heterocycles. The molecule has 0 spiro atoms. The summed E-state index contributed by atoms with van der Waals surface area (Å²) in [6.07, 6.45) is 1.92. The highest BCUT2D eigenvalue weighted by molar-refractivity contribution is 4.99. The third-order valence-electron chi connectivity index (χ3n) is 2.18. The minimum atomic E-state index is -0.300. The molecule has 0 aliphatic carbocycles. The number of rotatable bonds is 4. The van der Waals surface area contributed by atoms with Crippen molar-refractivity contribution in [3.05, 3.63) is 21.8 Å². The van der Waals surface area contributed by atoms with E-state index in [2.05, 4.69) is 4.90 Å². The second-order valence-electron chi connectivity index (χ2n) is 3.45. The number of hydrogen-bond acceptors (Lipinski definition) is 4. The van der Waals surface area contributed by atoms with Gasteiger partial charge in [0.15, 0.2) is 0 Å². The lowest BCUT2D eigenvalue weighted by molar-refractivity contribution is -0.470. The zero-order valence-electron chi connectivity index (χ0n) is 8.44. The maximum Gasteiger partial charge on any atom is 0.224 e. The lowest BCUT2D eigenvalue weighted by Crippen LogP contribution is -2.36. The fourth-order valence-corrected chi connectivity index (χ4v) is 1.34. The van der Waals surface area contributed by atoms with Gasteiger partial charge in [0.05, 0.1) is 13.2 Å². The van der Waals surface area contributed by atoms with Gasteiger partial charge in [-0.05, 0) is 12.5 Å². The Morgan fingerprint density at radius 2 is 2.21 bits per heavy atom. The molecule has 0 amide bonds. The highest BCUT2D eigenvalue weighted by Gasteiger charge is 2.08. The summed E-state index contributed by atoms with van der Waals surface area (Å²) in [7, 11) is 0. The SMILES string of the molecule is CC(=CCN1CCOCC1)C[N+](=O)[O-]. The molecule has 0 aromatic heterocycles. The molecule has 0 radical (unpaired) electrons. The smallest absolute Gasteiger partial charge is 0.224 e. The van der Waals surface area contributed by atoms with Crippen molar-refractivity contribution < 1.29 is 9.66 Å². The molecule has 0 saturated carbocycles. The molecule has 1 saturated heterocycles. The van der Waals surface area contributed by atoms with Crippen LogP contribution in [0.5, 0.6) is 0 Å². The predicted molar refractivity (Wildman–Crippen MR) is 52.9 cm³/mol. The molecule has 0 atom stereocenters. The number of hydrogen-bond donors (Lipinski definition) is 0. The minimum Gasteiger partial charge on any atom is -0.379 e. The Hall–Kier alpha value is -0.940. The Bertz CT molecular complexity index is 222. The van der Waals surface area contributed by atoms with Crippen LogP contribution in [0, 0.1) is 10.1 Å². The number of ether oxygens (including phenoxy) is 1. The average molecular weight is 200 g/mol. The Balaban J connectivity index is 2.25. The largest absolute Gasteiger partial charge is 0.379 e. The molecule has 0 unspecified atom stereocenters. The third-order valence-corrected chi connectivity index (χ3v) is 2.18. The summed E-state index contributed by atoms with van der Waals surface area (Å²) in [6.45, 7) is 5.91. The second kappa shape index (κ2) is 5.72. The van der Waals surface area contributed by atoms with Crippen LogP contribution in [0.25, 0.3) is 0 Å². The van der Waals surface area contributed by atoms with E-state index in [4.69, 9.17) is 4.74 Å². The van der Waals surface area contributed by atoms with Crippen molar-refractivity contribution in [2.45, 2.75) is 6.92 Å². The van der Waals surface area contributed by atoms with Crippen LogP contribution in [-0.2, 0) is 4.74 Å². The first-order chi connectivity index (χ1) is 6.68. The van der Waals surface area contributed by atoms with Crippen LogP contribution in [0.1, 0.15) is 6.92 Å². The van der Waals surface area contributed by atoms with Crippen molar-refractivity contribution >= 4 is 0 Å². The molecule has 0 N–H and O–H groups in total. The van der Waals surface area contributed by atoms with Crippen molar-refractivity contribution in [2.75, 3.05) is 39.4 Å². The standard InChI is InChI=1S/C9H16N2O3/c1-9(8-11(12)13)2-3-10-4-6-14-7-5-10/h2H,3-8H2,1H3. The molecule has 1 heterocycles. The summed E-state index contributed by atoms with van der Waals surface area (Å²) in [6, 6.07) is 0.